The van der Waals surface area contributed by atoms with Gasteiger partial charge in [0, 0.05) is 17.4 Å². The van der Waals surface area contributed by atoms with Crippen molar-refractivity contribution < 1.29 is 5.11 Å². The molecule has 0 amide bonds. The molecule has 1 aromatic heterocycles. The van der Waals surface area contributed by atoms with Gasteiger partial charge in [-0.25, -0.2) is 4.98 Å². The number of hydrogen-bond donors (Lipinski definition) is 2. The fourth-order valence-corrected chi connectivity index (χ4v) is 2.88. The van der Waals surface area contributed by atoms with Crippen molar-refractivity contribution in [2.75, 3.05) is 5.73 Å². The topological polar surface area (TPSA) is 59.1 Å². The van der Waals surface area contributed by atoms with Gasteiger partial charge in [-0.1, -0.05) is 25.7 Å². The molecule has 0 saturated heterocycles. The van der Waals surface area contributed by atoms with Crippen molar-refractivity contribution in [2.45, 2.75) is 51.4 Å². The maximum atomic E-state index is 10.2. The molecule has 3 N–H and O–H groups in total. The van der Waals surface area contributed by atoms with E-state index in [4.69, 9.17) is 5.73 Å². The predicted octanol–water partition coefficient (Wildman–Crippen LogP) is 4.13. The van der Waals surface area contributed by atoms with Crippen LogP contribution in [0.1, 0.15) is 57.1 Å². The molecule has 94 valence electrons. The van der Waals surface area contributed by atoms with Crippen LogP contribution in [0.4, 0.5) is 5.13 Å². The molecular formula is C13H20N2OS. The van der Waals surface area contributed by atoms with Gasteiger partial charge in [0.25, 0.3) is 0 Å². The van der Waals surface area contributed by atoms with Gasteiger partial charge in [0.15, 0.2) is 5.13 Å². The molecule has 1 aliphatic rings. The third-order valence-electron chi connectivity index (χ3n) is 3.27. The zero-order valence-electron chi connectivity index (χ0n) is 10.1. The van der Waals surface area contributed by atoms with Crippen LogP contribution in [0.2, 0.25) is 0 Å². The van der Waals surface area contributed by atoms with E-state index >= 15 is 0 Å². The minimum Gasteiger partial charge on any atom is -0.512 e. The van der Waals surface area contributed by atoms with Gasteiger partial charge >= 0.3 is 0 Å². The summed E-state index contributed by atoms with van der Waals surface area (Å²) in [6.07, 6.45) is 9.00. The molecule has 0 bridgehead atoms. The Balaban J connectivity index is 2.18. The summed E-state index contributed by atoms with van der Waals surface area (Å²) in [7, 11) is 0. The third-order valence-corrected chi connectivity index (χ3v) is 3.94. The van der Waals surface area contributed by atoms with Crippen LogP contribution in [0.25, 0.3) is 5.57 Å². The van der Waals surface area contributed by atoms with E-state index in [9.17, 15) is 5.11 Å². The molecule has 0 fully saturated rings. The van der Waals surface area contributed by atoms with E-state index in [-0.39, 0.29) is 0 Å². The summed E-state index contributed by atoms with van der Waals surface area (Å²) in [5.74, 6) is 0.525. The van der Waals surface area contributed by atoms with E-state index in [1.54, 1.807) is 0 Å². The summed E-state index contributed by atoms with van der Waals surface area (Å²) in [6, 6.07) is 0. The van der Waals surface area contributed by atoms with Crippen LogP contribution >= 0.6 is 11.3 Å². The highest BCUT2D eigenvalue weighted by atomic mass is 32.1. The van der Waals surface area contributed by atoms with Crippen molar-refractivity contribution in [2.24, 2.45) is 0 Å². The van der Waals surface area contributed by atoms with Crippen LogP contribution in [-0.4, -0.2) is 10.1 Å². The Morgan fingerprint density at radius 3 is 2.35 bits per heavy atom. The Labute approximate surface area is 106 Å². The maximum Gasteiger partial charge on any atom is 0.180 e. The summed E-state index contributed by atoms with van der Waals surface area (Å²) < 4.78 is 0. The lowest BCUT2D eigenvalue weighted by Crippen LogP contribution is -1.96. The summed E-state index contributed by atoms with van der Waals surface area (Å²) in [5, 5.41) is 12.7. The standard InChI is InChI=1S/C13H20N2OS/c14-13-15-11(9-17-13)10-7-5-3-1-2-4-6-8-12(10)16/h9,16H,1-8H2,(H2,14,15)/b12-10-. The first-order valence-corrected chi connectivity index (χ1v) is 7.27. The molecular weight excluding hydrogens is 232 g/mol. The first-order valence-electron chi connectivity index (χ1n) is 6.40. The molecule has 0 saturated carbocycles. The van der Waals surface area contributed by atoms with E-state index in [1.807, 2.05) is 5.38 Å². The van der Waals surface area contributed by atoms with Crippen LogP contribution in [0, 0.1) is 0 Å². The fraction of sp³-hybridized carbons (Fsp3) is 0.615. The van der Waals surface area contributed by atoms with Gasteiger partial charge in [-0.05, 0) is 19.3 Å². The molecule has 0 spiro atoms. The lowest BCUT2D eigenvalue weighted by molar-refractivity contribution is 0.378. The van der Waals surface area contributed by atoms with Gasteiger partial charge in [0.1, 0.15) is 0 Å². The van der Waals surface area contributed by atoms with Gasteiger partial charge in [0.05, 0.1) is 11.5 Å². The van der Waals surface area contributed by atoms with Gasteiger partial charge in [-0.3, -0.25) is 0 Å². The molecule has 0 radical (unpaired) electrons. The molecule has 3 nitrogen and oxygen atoms in total. The Morgan fingerprint density at radius 1 is 1.06 bits per heavy atom. The molecule has 1 aliphatic carbocycles. The SMILES string of the molecule is Nc1nc(/C2=C(\O)CCCCCCCC2)cs1. The van der Waals surface area contributed by atoms with Crippen molar-refractivity contribution in [1.82, 2.24) is 4.98 Å². The highest BCUT2D eigenvalue weighted by Gasteiger charge is 2.12. The van der Waals surface area contributed by atoms with Gasteiger partial charge < -0.3 is 10.8 Å². The second-order valence-electron chi connectivity index (χ2n) is 4.62. The normalized spacial score (nSPS) is 23.5. The fourth-order valence-electron chi connectivity index (χ4n) is 2.30. The smallest absolute Gasteiger partial charge is 0.180 e. The Kier molecular flexibility index (Phi) is 4.42. The maximum absolute atomic E-state index is 10.2. The summed E-state index contributed by atoms with van der Waals surface area (Å²) >= 11 is 1.44. The van der Waals surface area contributed by atoms with Crippen LogP contribution in [0.3, 0.4) is 0 Å². The van der Waals surface area contributed by atoms with Gasteiger partial charge in [-0.15, -0.1) is 11.3 Å². The van der Waals surface area contributed by atoms with Crippen LogP contribution in [-0.2, 0) is 0 Å². The number of hydrogen-bond acceptors (Lipinski definition) is 4. The lowest BCUT2D eigenvalue weighted by Gasteiger charge is -2.11. The first-order chi connectivity index (χ1) is 8.27. The Morgan fingerprint density at radius 2 is 1.71 bits per heavy atom. The Bertz CT molecular complexity index is 398. The number of nitrogen functional groups attached to an aromatic ring is 1. The molecule has 1 heterocycles. The molecule has 4 heteroatoms. The molecule has 0 aromatic carbocycles. The average molecular weight is 252 g/mol. The minimum absolute atomic E-state index is 0.525. The number of aromatic nitrogens is 1. The zero-order chi connectivity index (χ0) is 12.1. The number of anilines is 1. The van der Waals surface area contributed by atoms with Crippen LogP contribution < -0.4 is 5.73 Å². The minimum atomic E-state index is 0.525. The second kappa shape index (κ2) is 6.05. The third kappa shape index (κ3) is 3.46. The quantitative estimate of drug-likeness (QED) is 0.790. The molecule has 2 rings (SSSR count). The monoisotopic (exact) mass is 252 g/mol. The molecule has 0 unspecified atom stereocenters. The summed E-state index contributed by atoms with van der Waals surface area (Å²) in [4.78, 5) is 4.29. The first kappa shape index (κ1) is 12.4. The van der Waals surface area contributed by atoms with Crippen LogP contribution in [0.15, 0.2) is 11.1 Å². The van der Waals surface area contributed by atoms with Crippen molar-refractivity contribution in [3.63, 3.8) is 0 Å². The van der Waals surface area contributed by atoms with Gasteiger partial charge in [-0.2, -0.15) is 0 Å². The lowest BCUT2D eigenvalue weighted by atomic mass is 9.97. The number of nitrogens with two attached hydrogens (primary N) is 1. The van der Waals surface area contributed by atoms with E-state index < -0.39 is 0 Å². The number of allylic oxidation sites excluding steroid dienone is 2. The highest BCUT2D eigenvalue weighted by molar-refractivity contribution is 7.13. The van der Waals surface area contributed by atoms with Crippen molar-refractivity contribution in [3.8, 4) is 0 Å². The van der Waals surface area contributed by atoms with Crippen LogP contribution in [0.5, 0.6) is 0 Å². The van der Waals surface area contributed by atoms with Gasteiger partial charge in [0.2, 0.25) is 0 Å². The van der Waals surface area contributed by atoms with E-state index in [0.717, 1.165) is 37.0 Å². The molecule has 0 atom stereocenters. The largest absolute Gasteiger partial charge is 0.512 e. The summed E-state index contributed by atoms with van der Waals surface area (Å²) in [5.41, 5.74) is 7.55. The molecule has 1 aromatic rings. The number of rotatable bonds is 1. The summed E-state index contributed by atoms with van der Waals surface area (Å²) in [6.45, 7) is 0. The van der Waals surface area contributed by atoms with E-state index in [0.29, 0.717) is 10.9 Å². The average Bonchev–Trinajstić information content (AvgIpc) is 2.74. The van der Waals surface area contributed by atoms with Crippen molar-refractivity contribution in [3.05, 3.63) is 16.8 Å². The molecule has 0 aliphatic heterocycles. The predicted molar refractivity (Wildman–Crippen MR) is 73.0 cm³/mol. The number of aliphatic hydroxyl groups excluding tert-OH is 1. The number of nitrogens with zero attached hydrogens (tertiary/aromatic N) is 1. The number of thiazole rings is 1. The Hall–Kier alpha value is -1.03. The second-order valence-corrected chi connectivity index (χ2v) is 5.51. The number of aliphatic hydroxyl groups is 1. The van der Waals surface area contributed by atoms with E-state index in [2.05, 4.69) is 4.98 Å². The van der Waals surface area contributed by atoms with Crippen molar-refractivity contribution in [1.29, 1.82) is 0 Å². The van der Waals surface area contributed by atoms with E-state index in [1.165, 1.54) is 37.0 Å². The van der Waals surface area contributed by atoms with Crippen molar-refractivity contribution >= 4 is 22.0 Å². The highest BCUT2D eigenvalue weighted by Crippen LogP contribution is 2.29. The zero-order valence-corrected chi connectivity index (χ0v) is 10.9. The molecule has 17 heavy (non-hydrogen) atoms.